The fraction of sp³-hybridized carbons (Fsp3) is 0.350. The van der Waals surface area contributed by atoms with Crippen LogP contribution in [0.4, 0.5) is 11.4 Å². The number of morpholine rings is 1. The average Bonchev–Trinajstić information content (AvgIpc) is 2.97. The van der Waals surface area contributed by atoms with Crippen molar-refractivity contribution in [3.63, 3.8) is 0 Å². The summed E-state index contributed by atoms with van der Waals surface area (Å²) in [7, 11) is 1.71. The molecule has 8 nitrogen and oxygen atoms in total. The lowest BCUT2D eigenvalue weighted by Crippen LogP contribution is -2.36. The molecule has 2 aromatic rings. The normalized spacial score (nSPS) is 14.2. The predicted octanol–water partition coefficient (Wildman–Crippen LogP) is 2.41. The molecule has 3 rings (SSSR count). The van der Waals surface area contributed by atoms with E-state index in [1.165, 1.54) is 16.8 Å². The van der Waals surface area contributed by atoms with Crippen molar-refractivity contribution in [1.29, 1.82) is 0 Å². The van der Waals surface area contributed by atoms with Crippen molar-refractivity contribution in [2.75, 3.05) is 43.1 Å². The number of halogens is 1. The smallest absolute Gasteiger partial charge is 0.331 e. The number of aromatic nitrogens is 2. The SMILES string of the molecule is Cc1nn(C)c(Cl)c1/C=C/C(=O)OCC(=O)Nc1ccc(N2CCOCC2)cc1. The van der Waals surface area contributed by atoms with E-state index in [0.29, 0.717) is 35.3 Å². The van der Waals surface area contributed by atoms with E-state index >= 15 is 0 Å². The maximum atomic E-state index is 12.0. The van der Waals surface area contributed by atoms with E-state index in [1.54, 1.807) is 14.0 Å². The van der Waals surface area contributed by atoms with Crippen molar-refractivity contribution in [1.82, 2.24) is 9.78 Å². The van der Waals surface area contributed by atoms with Gasteiger partial charge in [0, 0.05) is 43.2 Å². The number of esters is 1. The maximum Gasteiger partial charge on any atom is 0.331 e. The number of nitrogens with zero attached hydrogens (tertiary/aromatic N) is 3. The van der Waals surface area contributed by atoms with Gasteiger partial charge in [0.2, 0.25) is 0 Å². The molecule has 1 aliphatic heterocycles. The third kappa shape index (κ3) is 5.58. The molecule has 0 radical (unpaired) electrons. The Morgan fingerprint density at radius 3 is 2.59 bits per heavy atom. The van der Waals surface area contributed by atoms with Crippen LogP contribution in [0.25, 0.3) is 6.08 Å². The summed E-state index contributed by atoms with van der Waals surface area (Å²) in [5.74, 6) is -1.05. The van der Waals surface area contributed by atoms with Crippen LogP contribution in [0.5, 0.6) is 0 Å². The van der Waals surface area contributed by atoms with Gasteiger partial charge in [-0.15, -0.1) is 0 Å². The highest BCUT2D eigenvalue weighted by atomic mass is 35.5. The summed E-state index contributed by atoms with van der Waals surface area (Å²) < 4.78 is 11.8. The van der Waals surface area contributed by atoms with Crippen LogP contribution in [0.15, 0.2) is 30.3 Å². The summed E-state index contributed by atoms with van der Waals surface area (Å²) >= 11 is 6.10. The van der Waals surface area contributed by atoms with E-state index in [9.17, 15) is 9.59 Å². The Balaban J connectivity index is 1.46. The van der Waals surface area contributed by atoms with Gasteiger partial charge in [0.25, 0.3) is 5.91 Å². The van der Waals surface area contributed by atoms with E-state index in [-0.39, 0.29) is 6.61 Å². The molecule has 1 aliphatic rings. The molecule has 1 amide bonds. The maximum absolute atomic E-state index is 12.0. The second-order valence-corrected chi connectivity index (χ2v) is 6.91. The molecular formula is C20H23ClN4O4. The van der Waals surface area contributed by atoms with Crippen LogP contribution in [0.3, 0.4) is 0 Å². The highest BCUT2D eigenvalue weighted by molar-refractivity contribution is 6.31. The second-order valence-electron chi connectivity index (χ2n) is 6.55. The standard InChI is InChI=1S/C20H23ClN4O4/c1-14-17(20(21)24(2)23-14)7-8-19(27)29-13-18(26)22-15-3-5-16(6-4-15)25-9-11-28-12-10-25/h3-8H,9-13H2,1-2H3,(H,22,26)/b8-7+. The summed E-state index contributed by atoms with van der Waals surface area (Å²) in [4.78, 5) is 26.1. The third-order valence-electron chi connectivity index (χ3n) is 4.46. The Morgan fingerprint density at radius 1 is 1.28 bits per heavy atom. The molecule has 0 aliphatic carbocycles. The van der Waals surface area contributed by atoms with Gasteiger partial charge in [0.1, 0.15) is 5.15 Å². The number of benzene rings is 1. The van der Waals surface area contributed by atoms with Gasteiger partial charge in [0.05, 0.1) is 18.9 Å². The first-order chi connectivity index (χ1) is 13.9. The summed E-state index contributed by atoms with van der Waals surface area (Å²) in [6.07, 6.45) is 2.75. The number of hydrogen-bond acceptors (Lipinski definition) is 6. The quantitative estimate of drug-likeness (QED) is 0.572. The van der Waals surface area contributed by atoms with Crippen LogP contribution in [-0.2, 0) is 26.1 Å². The van der Waals surface area contributed by atoms with Crippen LogP contribution in [0, 0.1) is 6.92 Å². The van der Waals surface area contributed by atoms with E-state index in [0.717, 1.165) is 18.8 Å². The van der Waals surface area contributed by atoms with Gasteiger partial charge in [-0.25, -0.2) is 4.79 Å². The minimum atomic E-state index is -0.637. The minimum Gasteiger partial charge on any atom is -0.452 e. The molecule has 0 atom stereocenters. The zero-order chi connectivity index (χ0) is 20.8. The highest BCUT2D eigenvalue weighted by Crippen LogP contribution is 2.20. The molecule has 9 heteroatoms. The van der Waals surface area contributed by atoms with E-state index < -0.39 is 11.9 Å². The number of anilines is 2. The fourth-order valence-electron chi connectivity index (χ4n) is 2.95. The van der Waals surface area contributed by atoms with Crippen molar-refractivity contribution in [3.8, 4) is 0 Å². The number of nitrogens with one attached hydrogen (secondary N) is 1. The van der Waals surface area contributed by atoms with Gasteiger partial charge in [-0.3, -0.25) is 9.48 Å². The number of carbonyl (C=O) groups is 2. The van der Waals surface area contributed by atoms with Crippen LogP contribution >= 0.6 is 11.6 Å². The average molecular weight is 419 g/mol. The largest absolute Gasteiger partial charge is 0.452 e. The molecule has 1 aromatic carbocycles. The van der Waals surface area contributed by atoms with Crippen molar-refractivity contribution in [2.24, 2.45) is 7.05 Å². The zero-order valence-electron chi connectivity index (χ0n) is 16.4. The van der Waals surface area contributed by atoms with Gasteiger partial charge in [-0.2, -0.15) is 5.10 Å². The van der Waals surface area contributed by atoms with Gasteiger partial charge < -0.3 is 19.7 Å². The second kappa shape index (κ2) is 9.58. The first-order valence-electron chi connectivity index (χ1n) is 9.20. The Labute approximate surface area is 174 Å². The molecular weight excluding hydrogens is 396 g/mol. The number of rotatable bonds is 6. The van der Waals surface area contributed by atoms with Gasteiger partial charge in [-0.1, -0.05) is 11.6 Å². The van der Waals surface area contributed by atoms with Gasteiger partial charge in [-0.05, 0) is 37.3 Å². The highest BCUT2D eigenvalue weighted by Gasteiger charge is 2.12. The van der Waals surface area contributed by atoms with Crippen molar-refractivity contribution in [2.45, 2.75) is 6.92 Å². The summed E-state index contributed by atoms with van der Waals surface area (Å²) in [5.41, 5.74) is 3.04. The molecule has 154 valence electrons. The monoisotopic (exact) mass is 418 g/mol. The molecule has 0 saturated carbocycles. The topological polar surface area (TPSA) is 85.7 Å². The summed E-state index contributed by atoms with van der Waals surface area (Å²) in [6, 6.07) is 7.51. The Morgan fingerprint density at radius 2 is 1.97 bits per heavy atom. The molecule has 29 heavy (non-hydrogen) atoms. The number of aryl methyl sites for hydroxylation is 2. The number of ether oxygens (including phenoxy) is 2. The van der Waals surface area contributed by atoms with Crippen LogP contribution in [0.1, 0.15) is 11.3 Å². The number of amides is 1. The fourth-order valence-corrected chi connectivity index (χ4v) is 3.18. The third-order valence-corrected chi connectivity index (χ3v) is 4.90. The lowest BCUT2D eigenvalue weighted by Gasteiger charge is -2.28. The molecule has 0 spiro atoms. The zero-order valence-corrected chi connectivity index (χ0v) is 17.1. The Hall–Kier alpha value is -2.84. The number of carbonyl (C=O) groups excluding carboxylic acids is 2. The minimum absolute atomic E-state index is 0.381. The predicted molar refractivity (Wildman–Crippen MR) is 111 cm³/mol. The van der Waals surface area contributed by atoms with Gasteiger partial charge >= 0.3 is 5.97 Å². The Kier molecular flexibility index (Phi) is 6.90. The van der Waals surface area contributed by atoms with Crippen LogP contribution < -0.4 is 10.2 Å². The molecule has 1 N–H and O–H groups in total. The number of hydrogen-bond donors (Lipinski definition) is 1. The van der Waals surface area contributed by atoms with Crippen LogP contribution in [-0.4, -0.2) is 54.6 Å². The van der Waals surface area contributed by atoms with Crippen molar-refractivity contribution >= 4 is 40.9 Å². The molecule has 0 bridgehead atoms. The first kappa shape index (κ1) is 20.9. The first-order valence-corrected chi connectivity index (χ1v) is 9.58. The van der Waals surface area contributed by atoms with Crippen molar-refractivity contribution in [3.05, 3.63) is 46.8 Å². The lowest BCUT2D eigenvalue weighted by molar-refractivity contribution is -0.142. The summed E-state index contributed by atoms with van der Waals surface area (Å²) in [5, 5.41) is 7.28. The molecule has 1 aromatic heterocycles. The van der Waals surface area contributed by atoms with Crippen molar-refractivity contribution < 1.29 is 19.1 Å². The Bertz CT molecular complexity index is 902. The summed E-state index contributed by atoms with van der Waals surface area (Å²) in [6.45, 7) is 4.52. The van der Waals surface area contributed by atoms with E-state index in [2.05, 4.69) is 15.3 Å². The van der Waals surface area contributed by atoms with Gasteiger partial charge in [0.15, 0.2) is 6.61 Å². The molecule has 1 saturated heterocycles. The molecule has 2 heterocycles. The van der Waals surface area contributed by atoms with E-state index in [1.807, 2.05) is 24.3 Å². The van der Waals surface area contributed by atoms with E-state index in [4.69, 9.17) is 21.1 Å². The van der Waals surface area contributed by atoms with Crippen LogP contribution in [0.2, 0.25) is 5.15 Å². The molecule has 1 fully saturated rings. The molecule has 0 unspecified atom stereocenters. The lowest BCUT2D eigenvalue weighted by atomic mass is 10.2.